The second kappa shape index (κ2) is 6.37. The average molecular weight is 285 g/mol. The Kier molecular flexibility index (Phi) is 4.32. The maximum Gasteiger partial charge on any atom is 0.123 e. The fraction of sp³-hybridized carbons (Fsp3) is 0.333. The van der Waals surface area contributed by atoms with Crippen LogP contribution in [-0.2, 0) is 16.7 Å². The van der Waals surface area contributed by atoms with Crippen molar-refractivity contribution in [2.24, 2.45) is 0 Å². The van der Waals surface area contributed by atoms with Gasteiger partial charge in [-0.25, -0.2) is 4.39 Å². The van der Waals surface area contributed by atoms with Gasteiger partial charge in [-0.3, -0.25) is 0 Å². The first-order chi connectivity index (χ1) is 10.3. The molecule has 3 heteroatoms. The van der Waals surface area contributed by atoms with Gasteiger partial charge < -0.3 is 10.1 Å². The zero-order valence-corrected chi connectivity index (χ0v) is 12.0. The van der Waals surface area contributed by atoms with Gasteiger partial charge in [0, 0.05) is 12.0 Å². The number of ether oxygens (including phenoxy) is 1. The molecule has 0 bridgehead atoms. The Morgan fingerprint density at radius 1 is 1.00 bits per heavy atom. The van der Waals surface area contributed by atoms with Gasteiger partial charge in [0.05, 0.1) is 13.2 Å². The van der Waals surface area contributed by atoms with E-state index < -0.39 is 0 Å². The van der Waals surface area contributed by atoms with E-state index in [1.165, 1.54) is 23.3 Å². The van der Waals surface area contributed by atoms with Crippen LogP contribution >= 0.6 is 0 Å². The molecule has 1 heterocycles. The van der Waals surface area contributed by atoms with Crippen LogP contribution in [0.3, 0.4) is 0 Å². The fourth-order valence-corrected chi connectivity index (χ4v) is 2.76. The topological polar surface area (TPSA) is 21.3 Å². The van der Waals surface area contributed by atoms with Crippen molar-refractivity contribution >= 4 is 0 Å². The zero-order valence-electron chi connectivity index (χ0n) is 12.0. The average Bonchev–Trinajstić information content (AvgIpc) is 2.48. The predicted molar refractivity (Wildman–Crippen MR) is 81.7 cm³/mol. The third-order valence-corrected chi connectivity index (χ3v) is 4.17. The Morgan fingerprint density at radius 3 is 2.33 bits per heavy atom. The lowest BCUT2D eigenvalue weighted by atomic mass is 9.76. The minimum Gasteiger partial charge on any atom is -0.379 e. The van der Waals surface area contributed by atoms with Gasteiger partial charge in [0.1, 0.15) is 5.82 Å². The van der Waals surface area contributed by atoms with Crippen LogP contribution in [0.1, 0.15) is 17.5 Å². The van der Waals surface area contributed by atoms with E-state index in [4.69, 9.17) is 4.74 Å². The van der Waals surface area contributed by atoms with Crippen LogP contribution in [-0.4, -0.2) is 19.8 Å². The largest absolute Gasteiger partial charge is 0.379 e. The zero-order chi connectivity index (χ0) is 14.5. The van der Waals surface area contributed by atoms with E-state index >= 15 is 0 Å². The Hall–Kier alpha value is -1.71. The highest BCUT2D eigenvalue weighted by atomic mass is 19.1. The van der Waals surface area contributed by atoms with E-state index in [2.05, 4.69) is 29.6 Å². The van der Waals surface area contributed by atoms with E-state index in [1.54, 1.807) is 0 Å². The molecule has 0 saturated carbocycles. The number of hydrogen-bond donors (Lipinski definition) is 1. The standard InChI is InChI=1S/C18H20FNO/c19-17-8-6-16(7-9-17)18(13-21-14-18)10-11-20-12-15-4-2-1-3-5-15/h1-9,20H,10-14H2. The highest BCUT2D eigenvalue weighted by molar-refractivity contribution is 5.28. The molecule has 0 aliphatic carbocycles. The summed E-state index contributed by atoms with van der Waals surface area (Å²) in [6.07, 6.45) is 1.01. The van der Waals surface area contributed by atoms with Gasteiger partial charge in [0.15, 0.2) is 0 Å². The molecule has 1 aliphatic heterocycles. The molecular weight excluding hydrogens is 265 g/mol. The molecule has 0 radical (unpaired) electrons. The lowest BCUT2D eigenvalue weighted by molar-refractivity contribution is -0.0640. The Morgan fingerprint density at radius 2 is 1.71 bits per heavy atom. The highest BCUT2D eigenvalue weighted by Gasteiger charge is 2.39. The van der Waals surface area contributed by atoms with E-state index in [1.807, 2.05) is 18.2 Å². The molecule has 21 heavy (non-hydrogen) atoms. The molecule has 1 N–H and O–H groups in total. The van der Waals surface area contributed by atoms with Crippen molar-refractivity contribution in [1.82, 2.24) is 5.32 Å². The summed E-state index contributed by atoms with van der Waals surface area (Å²) in [5.41, 5.74) is 2.52. The van der Waals surface area contributed by atoms with E-state index in [0.717, 1.165) is 32.7 Å². The van der Waals surface area contributed by atoms with E-state index in [0.29, 0.717) is 0 Å². The molecule has 1 aliphatic rings. The molecule has 0 atom stereocenters. The first kappa shape index (κ1) is 14.2. The molecule has 2 nitrogen and oxygen atoms in total. The first-order valence-corrected chi connectivity index (χ1v) is 7.37. The summed E-state index contributed by atoms with van der Waals surface area (Å²) in [4.78, 5) is 0. The van der Waals surface area contributed by atoms with E-state index in [-0.39, 0.29) is 11.2 Å². The van der Waals surface area contributed by atoms with Crippen LogP contribution in [0.4, 0.5) is 4.39 Å². The number of hydrogen-bond acceptors (Lipinski definition) is 2. The summed E-state index contributed by atoms with van der Waals surface area (Å²) in [7, 11) is 0. The molecule has 0 unspecified atom stereocenters. The lowest BCUT2D eigenvalue weighted by Gasteiger charge is -2.42. The lowest BCUT2D eigenvalue weighted by Crippen LogP contribution is -2.48. The number of benzene rings is 2. The van der Waals surface area contributed by atoms with Crippen LogP contribution in [0.15, 0.2) is 54.6 Å². The fourth-order valence-electron chi connectivity index (χ4n) is 2.76. The second-order valence-electron chi connectivity index (χ2n) is 5.69. The normalized spacial score (nSPS) is 16.4. The van der Waals surface area contributed by atoms with Gasteiger partial charge in [0.2, 0.25) is 0 Å². The van der Waals surface area contributed by atoms with Gasteiger partial charge in [-0.1, -0.05) is 42.5 Å². The van der Waals surface area contributed by atoms with Crippen molar-refractivity contribution in [2.75, 3.05) is 19.8 Å². The third kappa shape index (κ3) is 3.31. The maximum atomic E-state index is 13.0. The quantitative estimate of drug-likeness (QED) is 0.822. The van der Waals surface area contributed by atoms with Crippen molar-refractivity contribution < 1.29 is 9.13 Å². The maximum absolute atomic E-state index is 13.0. The third-order valence-electron chi connectivity index (χ3n) is 4.17. The SMILES string of the molecule is Fc1ccc(C2(CCNCc3ccccc3)COC2)cc1. The summed E-state index contributed by atoms with van der Waals surface area (Å²) in [6, 6.07) is 17.2. The summed E-state index contributed by atoms with van der Waals surface area (Å²) >= 11 is 0. The Bertz CT molecular complexity index is 564. The first-order valence-electron chi connectivity index (χ1n) is 7.37. The van der Waals surface area contributed by atoms with Crippen LogP contribution < -0.4 is 5.32 Å². The number of rotatable bonds is 6. The van der Waals surface area contributed by atoms with Crippen molar-refractivity contribution in [1.29, 1.82) is 0 Å². The minimum atomic E-state index is -0.184. The second-order valence-corrected chi connectivity index (χ2v) is 5.69. The smallest absolute Gasteiger partial charge is 0.123 e. The molecule has 1 saturated heterocycles. The highest BCUT2D eigenvalue weighted by Crippen LogP contribution is 2.35. The van der Waals surface area contributed by atoms with Crippen LogP contribution in [0.5, 0.6) is 0 Å². The minimum absolute atomic E-state index is 0.0530. The molecule has 2 aromatic rings. The van der Waals surface area contributed by atoms with Gasteiger partial charge >= 0.3 is 0 Å². The monoisotopic (exact) mass is 285 g/mol. The Balaban J connectivity index is 1.54. The van der Waals surface area contributed by atoms with Gasteiger partial charge in [-0.15, -0.1) is 0 Å². The molecule has 110 valence electrons. The van der Waals surface area contributed by atoms with Crippen molar-refractivity contribution in [3.63, 3.8) is 0 Å². The molecule has 3 rings (SSSR count). The molecule has 1 fully saturated rings. The predicted octanol–water partition coefficient (Wildman–Crippen LogP) is 3.27. The van der Waals surface area contributed by atoms with Gasteiger partial charge in [-0.2, -0.15) is 0 Å². The molecular formula is C18H20FNO. The van der Waals surface area contributed by atoms with Crippen LogP contribution in [0.25, 0.3) is 0 Å². The number of nitrogens with one attached hydrogen (secondary N) is 1. The van der Waals surface area contributed by atoms with Crippen LogP contribution in [0.2, 0.25) is 0 Å². The molecule has 0 aromatic heterocycles. The van der Waals surface area contributed by atoms with Gasteiger partial charge in [-0.05, 0) is 36.2 Å². The van der Waals surface area contributed by atoms with Crippen molar-refractivity contribution in [3.05, 3.63) is 71.5 Å². The summed E-state index contributed by atoms with van der Waals surface area (Å²) in [6.45, 7) is 3.26. The summed E-state index contributed by atoms with van der Waals surface area (Å²) < 4.78 is 18.5. The van der Waals surface area contributed by atoms with Crippen molar-refractivity contribution in [3.8, 4) is 0 Å². The summed E-state index contributed by atoms with van der Waals surface area (Å²) in [5, 5.41) is 3.48. The molecule has 0 amide bonds. The molecule has 2 aromatic carbocycles. The van der Waals surface area contributed by atoms with Crippen LogP contribution in [0, 0.1) is 5.82 Å². The number of halogens is 1. The van der Waals surface area contributed by atoms with Crippen molar-refractivity contribution in [2.45, 2.75) is 18.4 Å². The van der Waals surface area contributed by atoms with E-state index in [9.17, 15) is 4.39 Å². The Labute approximate surface area is 125 Å². The van der Waals surface area contributed by atoms with Gasteiger partial charge in [0.25, 0.3) is 0 Å². The molecule has 0 spiro atoms. The summed E-state index contributed by atoms with van der Waals surface area (Å²) in [5.74, 6) is -0.184.